The summed E-state index contributed by atoms with van der Waals surface area (Å²) in [5, 5.41) is 19.9. The molecule has 0 bridgehead atoms. The van der Waals surface area contributed by atoms with Gasteiger partial charge in [-0.1, -0.05) is 6.42 Å². The van der Waals surface area contributed by atoms with Crippen LogP contribution in [0.3, 0.4) is 0 Å². The number of nitrogens with one attached hydrogen (secondary N) is 2. The van der Waals surface area contributed by atoms with Crippen molar-refractivity contribution in [2.75, 3.05) is 17.7 Å². The highest BCUT2D eigenvalue weighted by Crippen LogP contribution is 2.29. The molecule has 0 amide bonds. The van der Waals surface area contributed by atoms with Crippen molar-refractivity contribution < 1.29 is 4.74 Å². The topological polar surface area (TPSA) is 114 Å². The van der Waals surface area contributed by atoms with Crippen molar-refractivity contribution in [1.29, 1.82) is 5.26 Å². The minimum absolute atomic E-state index is 0.133. The van der Waals surface area contributed by atoms with Gasteiger partial charge in [0.1, 0.15) is 11.9 Å². The van der Waals surface area contributed by atoms with Gasteiger partial charge in [-0.05, 0) is 31.7 Å². The molecule has 1 aliphatic rings. The highest BCUT2D eigenvalue weighted by atomic mass is 16.5. The summed E-state index contributed by atoms with van der Waals surface area (Å²) in [6.45, 7) is 0. The van der Waals surface area contributed by atoms with Crippen LogP contribution in [0.15, 0.2) is 30.7 Å². The largest absolute Gasteiger partial charge is 0.487 e. The Bertz CT molecular complexity index is 1070. The van der Waals surface area contributed by atoms with Gasteiger partial charge in [-0.3, -0.25) is 4.68 Å². The monoisotopic (exact) mass is 404 g/mol. The molecule has 9 nitrogen and oxygen atoms in total. The van der Waals surface area contributed by atoms with E-state index in [2.05, 4.69) is 36.8 Å². The first-order chi connectivity index (χ1) is 14.7. The molecule has 154 valence electrons. The summed E-state index contributed by atoms with van der Waals surface area (Å²) in [5.74, 6) is 1.59. The zero-order valence-electron chi connectivity index (χ0n) is 17.1. The van der Waals surface area contributed by atoms with Gasteiger partial charge in [-0.15, -0.1) is 0 Å². The molecule has 1 saturated carbocycles. The fourth-order valence-corrected chi connectivity index (χ4v) is 3.64. The lowest BCUT2D eigenvalue weighted by Crippen LogP contribution is -2.20. The van der Waals surface area contributed by atoms with Gasteiger partial charge in [0.2, 0.25) is 5.95 Å². The molecule has 0 unspecified atom stereocenters. The van der Waals surface area contributed by atoms with E-state index < -0.39 is 0 Å². The fraction of sp³-hybridized carbons (Fsp3) is 0.381. The predicted molar refractivity (Wildman–Crippen MR) is 114 cm³/mol. The average molecular weight is 404 g/mol. The first-order valence-electron chi connectivity index (χ1n) is 10.0. The fourth-order valence-electron chi connectivity index (χ4n) is 3.64. The average Bonchev–Trinajstić information content (AvgIpc) is 3.20. The van der Waals surface area contributed by atoms with Gasteiger partial charge < -0.3 is 15.4 Å². The maximum absolute atomic E-state index is 9.39. The van der Waals surface area contributed by atoms with E-state index in [1.807, 2.05) is 20.2 Å². The van der Waals surface area contributed by atoms with E-state index in [1.165, 1.54) is 6.42 Å². The number of aryl methyl sites for hydroxylation is 1. The Hall–Kier alpha value is -3.67. The van der Waals surface area contributed by atoms with Crippen molar-refractivity contribution in [2.24, 2.45) is 7.05 Å². The Morgan fingerprint density at radius 1 is 1.20 bits per heavy atom. The lowest BCUT2D eigenvalue weighted by atomic mass is 9.98. The van der Waals surface area contributed by atoms with Gasteiger partial charge in [0.05, 0.1) is 29.2 Å². The van der Waals surface area contributed by atoms with E-state index in [4.69, 9.17) is 4.74 Å². The number of rotatable bonds is 6. The van der Waals surface area contributed by atoms with Crippen molar-refractivity contribution >= 4 is 17.5 Å². The molecular weight excluding hydrogens is 380 g/mol. The molecule has 3 heterocycles. The standard InChI is InChI=1S/C21H24N8O/c1-23-20-16(18-8-9-26-29(18)2)13-25-21(28-20)27-14-10-19(17(11-22)24-12-14)30-15-6-4-3-5-7-15/h8-10,12-13,15H,3-7H2,1-2H3,(H2,23,25,27,28). The third kappa shape index (κ3) is 4.17. The first kappa shape index (κ1) is 19.6. The Morgan fingerprint density at radius 3 is 2.73 bits per heavy atom. The quantitative estimate of drug-likeness (QED) is 0.640. The number of aromatic nitrogens is 5. The Kier molecular flexibility index (Phi) is 5.75. The van der Waals surface area contributed by atoms with E-state index >= 15 is 0 Å². The number of nitriles is 1. The molecule has 3 aromatic heterocycles. The van der Waals surface area contributed by atoms with Crippen LogP contribution in [-0.2, 0) is 7.05 Å². The molecule has 0 radical (unpaired) electrons. The maximum Gasteiger partial charge on any atom is 0.229 e. The molecule has 0 spiro atoms. The highest BCUT2D eigenvalue weighted by molar-refractivity contribution is 5.73. The Balaban J connectivity index is 1.57. The Morgan fingerprint density at radius 2 is 2.03 bits per heavy atom. The van der Waals surface area contributed by atoms with Gasteiger partial charge >= 0.3 is 0 Å². The molecule has 1 fully saturated rings. The smallest absolute Gasteiger partial charge is 0.229 e. The summed E-state index contributed by atoms with van der Waals surface area (Å²) in [5.41, 5.74) is 2.71. The summed E-state index contributed by atoms with van der Waals surface area (Å²) in [6, 6.07) is 5.81. The van der Waals surface area contributed by atoms with Crippen LogP contribution in [0.2, 0.25) is 0 Å². The molecule has 0 aliphatic heterocycles. The summed E-state index contributed by atoms with van der Waals surface area (Å²) < 4.78 is 7.86. The number of hydrogen-bond donors (Lipinski definition) is 2. The third-order valence-electron chi connectivity index (χ3n) is 5.18. The minimum Gasteiger partial charge on any atom is -0.487 e. The lowest BCUT2D eigenvalue weighted by molar-refractivity contribution is 0.154. The lowest BCUT2D eigenvalue weighted by Gasteiger charge is -2.23. The molecule has 3 aromatic rings. The zero-order chi connectivity index (χ0) is 20.9. The van der Waals surface area contributed by atoms with Crippen molar-refractivity contribution in [2.45, 2.75) is 38.2 Å². The van der Waals surface area contributed by atoms with Gasteiger partial charge in [0.15, 0.2) is 11.4 Å². The van der Waals surface area contributed by atoms with E-state index in [0.29, 0.717) is 23.2 Å². The molecule has 2 N–H and O–H groups in total. The van der Waals surface area contributed by atoms with Crippen LogP contribution >= 0.6 is 0 Å². The van der Waals surface area contributed by atoms with Crippen molar-refractivity contribution in [3.63, 3.8) is 0 Å². The third-order valence-corrected chi connectivity index (χ3v) is 5.18. The van der Waals surface area contributed by atoms with Crippen LogP contribution in [-0.4, -0.2) is 37.9 Å². The summed E-state index contributed by atoms with van der Waals surface area (Å²) >= 11 is 0. The van der Waals surface area contributed by atoms with Gasteiger partial charge in [-0.25, -0.2) is 9.97 Å². The molecule has 0 saturated heterocycles. The number of pyridine rings is 1. The first-order valence-corrected chi connectivity index (χ1v) is 10.0. The maximum atomic E-state index is 9.39. The molecule has 0 atom stereocenters. The molecule has 4 rings (SSSR count). The number of nitrogens with zero attached hydrogens (tertiary/aromatic N) is 6. The van der Waals surface area contributed by atoms with Crippen LogP contribution < -0.4 is 15.4 Å². The summed E-state index contributed by atoms with van der Waals surface area (Å²) in [4.78, 5) is 13.2. The Labute approximate surface area is 175 Å². The van der Waals surface area contributed by atoms with Gasteiger partial charge in [-0.2, -0.15) is 15.3 Å². The van der Waals surface area contributed by atoms with Gasteiger partial charge in [0, 0.05) is 32.6 Å². The summed E-state index contributed by atoms with van der Waals surface area (Å²) in [7, 11) is 3.68. The van der Waals surface area contributed by atoms with Crippen LogP contribution in [0.1, 0.15) is 37.8 Å². The highest BCUT2D eigenvalue weighted by Gasteiger charge is 2.18. The second-order valence-corrected chi connectivity index (χ2v) is 7.23. The predicted octanol–water partition coefficient (Wildman–Crippen LogP) is 3.64. The second-order valence-electron chi connectivity index (χ2n) is 7.23. The van der Waals surface area contributed by atoms with Crippen LogP contribution in [0.25, 0.3) is 11.3 Å². The molecule has 9 heteroatoms. The van der Waals surface area contributed by atoms with Crippen LogP contribution in [0.4, 0.5) is 17.5 Å². The number of hydrogen-bond acceptors (Lipinski definition) is 8. The second kappa shape index (κ2) is 8.78. The van der Waals surface area contributed by atoms with E-state index in [1.54, 1.807) is 29.3 Å². The summed E-state index contributed by atoms with van der Waals surface area (Å²) in [6.07, 6.45) is 10.8. The SMILES string of the molecule is CNc1nc(Nc2cnc(C#N)c(OC3CCCCC3)c2)ncc1-c1ccnn1C. The van der Waals surface area contributed by atoms with Crippen LogP contribution in [0, 0.1) is 11.3 Å². The molecule has 30 heavy (non-hydrogen) atoms. The van der Waals surface area contributed by atoms with E-state index in [0.717, 1.165) is 36.9 Å². The van der Waals surface area contributed by atoms with Crippen LogP contribution in [0.5, 0.6) is 5.75 Å². The van der Waals surface area contributed by atoms with Crippen molar-refractivity contribution in [1.82, 2.24) is 24.7 Å². The van der Waals surface area contributed by atoms with E-state index in [9.17, 15) is 5.26 Å². The molecular formula is C21H24N8O. The van der Waals surface area contributed by atoms with Gasteiger partial charge in [0.25, 0.3) is 0 Å². The zero-order valence-corrected chi connectivity index (χ0v) is 17.1. The number of ether oxygens (including phenoxy) is 1. The van der Waals surface area contributed by atoms with Crippen molar-refractivity contribution in [3.8, 4) is 23.1 Å². The molecule has 1 aliphatic carbocycles. The van der Waals surface area contributed by atoms with E-state index in [-0.39, 0.29) is 11.8 Å². The van der Waals surface area contributed by atoms with Crippen molar-refractivity contribution in [3.05, 3.63) is 36.4 Å². The number of anilines is 3. The molecule has 0 aromatic carbocycles. The minimum atomic E-state index is 0.133. The normalized spacial score (nSPS) is 14.2.